The lowest BCUT2D eigenvalue weighted by Gasteiger charge is -2.17. The average molecular weight is 284 g/mol. The minimum Gasteiger partial charge on any atom is -0.409 e. The number of amidine groups is 1. The summed E-state index contributed by atoms with van der Waals surface area (Å²) in [6.45, 7) is 7.56. The van der Waals surface area contributed by atoms with Crippen LogP contribution in [-0.4, -0.2) is 21.9 Å². The van der Waals surface area contributed by atoms with Crippen molar-refractivity contribution in [3.8, 4) is 0 Å². The highest BCUT2D eigenvalue weighted by molar-refractivity contribution is 7.11. The normalized spacial score (nSPS) is 15.1. The van der Waals surface area contributed by atoms with E-state index in [-0.39, 0.29) is 17.8 Å². The van der Waals surface area contributed by atoms with Crippen LogP contribution in [0, 0.1) is 19.8 Å². The van der Waals surface area contributed by atoms with Gasteiger partial charge in [0.15, 0.2) is 5.84 Å². The number of aryl methyl sites for hydroxylation is 2. The molecule has 0 bridgehead atoms. The topological polar surface area (TPSA) is 101 Å². The molecular formula is C12H20N4O2S. The van der Waals surface area contributed by atoms with Gasteiger partial charge in [-0.1, -0.05) is 12.1 Å². The molecule has 6 nitrogen and oxygen atoms in total. The molecule has 2 atom stereocenters. The predicted molar refractivity (Wildman–Crippen MR) is 75.3 cm³/mol. The van der Waals surface area contributed by atoms with E-state index in [1.165, 1.54) is 0 Å². The molecule has 7 heteroatoms. The van der Waals surface area contributed by atoms with Crippen LogP contribution in [0.5, 0.6) is 0 Å². The Bertz CT molecular complexity index is 484. The summed E-state index contributed by atoms with van der Waals surface area (Å²) in [7, 11) is 0. The van der Waals surface area contributed by atoms with Crippen LogP contribution in [0.25, 0.3) is 0 Å². The minimum atomic E-state index is -0.609. The lowest BCUT2D eigenvalue weighted by Crippen LogP contribution is -2.39. The molecule has 4 N–H and O–H groups in total. The van der Waals surface area contributed by atoms with Gasteiger partial charge in [-0.05, 0) is 27.2 Å². The third kappa shape index (κ3) is 3.66. The molecular weight excluding hydrogens is 264 g/mol. The van der Waals surface area contributed by atoms with Crippen molar-refractivity contribution in [2.45, 2.75) is 40.2 Å². The van der Waals surface area contributed by atoms with Crippen LogP contribution in [0.4, 0.5) is 0 Å². The highest BCUT2D eigenvalue weighted by atomic mass is 32.1. The van der Waals surface area contributed by atoms with Crippen molar-refractivity contribution >= 4 is 23.1 Å². The molecule has 1 rings (SSSR count). The number of carbonyl (C=O) groups excluding carboxylic acids is 1. The SMILES string of the molecule is CCC(C(=O)NC(C)c1sc(C)nc1C)C(N)=NO. The van der Waals surface area contributed by atoms with Crippen molar-refractivity contribution in [3.05, 3.63) is 15.6 Å². The van der Waals surface area contributed by atoms with E-state index < -0.39 is 5.92 Å². The molecule has 1 aromatic rings. The lowest BCUT2D eigenvalue weighted by molar-refractivity contribution is -0.123. The number of hydrogen-bond acceptors (Lipinski definition) is 5. The number of aromatic nitrogens is 1. The van der Waals surface area contributed by atoms with Crippen molar-refractivity contribution in [3.63, 3.8) is 0 Å². The number of carbonyl (C=O) groups is 1. The molecule has 0 aliphatic carbocycles. The number of amides is 1. The van der Waals surface area contributed by atoms with Gasteiger partial charge in [-0.2, -0.15) is 0 Å². The summed E-state index contributed by atoms with van der Waals surface area (Å²) >= 11 is 1.56. The Morgan fingerprint density at radius 3 is 2.63 bits per heavy atom. The van der Waals surface area contributed by atoms with Crippen LogP contribution >= 0.6 is 11.3 Å². The second kappa shape index (κ2) is 6.51. The fourth-order valence-electron chi connectivity index (χ4n) is 1.93. The van der Waals surface area contributed by atoms with Crippen LogP contribution in [0.2, 0.25) is 0 Å². The zero-order valence-electron chi connectivity index (χ0n) is 11.6. The van der Waals surface area contributed by atoms with Crippen LogP contribution in [0.15, 0.2) is 5.16 Å². The molecule has 2 unspecified atom stereocenters. The maximum Gasteiger partial charge on any atom is 0.231 e. The van der Waals surface area contributed by atoms with E-state index in [0.29, 0.717) is 6.42 Å². The van der Waals surface area contributed by atoms with Gasteiger partial charge in [-0.25, -0.2) is 4.98 Å². The van der Waals surface area contributed by atoms with Gasteiger partial charge in [0.2, 0.25) is 5.91 Å². The molecule has 0 spiro atoms. The molecule has 0 aliphatic rings. The molecule has 0 fully saturated rings. The Morgan fingerprint density at radius 1 is 1.58 bits per heavy atom. The zero-order valence-corrected chi connectivity index (χ0v) is 12.4. The van der Waals surface area contributed by atoms with E-state index in [4.69, 9.17) is 10.9 Å². The van der Waals surface area contributed by atoms with Gasteiger partial charge in [0.05, 0.1) is 22.7 Å². The molecule has 0 saturated carbocycles. The van der Waals surface area contributed by atoms with Crippen molar-refractivity contribution in [1.82, 2.24) is 10.3 Å². The van der Waals surface area contributed by atoms with Crippen molar-refractivity contribution < 1.29 is 10.0 Å². The summed E-state index contributed by atoms with van der Waals surface area (Å²) in [6, 6.07) is -0.140. The largest absolute Gasteiger partial charge is 0.409 e. The standard InChI is InChI=1S/C12H20N4O2S/c1-5-9(11(13)16-18)12(17)15-7(3)10-6(2)14-8(4)19-10/h7,9,18H,5H2,1-4H3,(H2,13,16)(H,15,17). The maximum atomic E-state index is 12.1. The molecule has 0 aliphatic heterocycles. The van der Waals surface area contributed by atoms with Crippen LogP contribution in [0.1, 0.15) is 41.9 Å². The second-order valence-corrected chi connectivity index (χ2v) is 5.63. The van der Waals surface area contributed by atoms with Crippen molar-refractivity contribution in [1.29, 1.82) is 0 Å². The van der Waals surface area contributed by atoms with Crippen LogP contribution in [-0.2, 0) is 4.79 Å². The number of nitrogens with one attached hydrogen (secondary N) is 1. The number of oxime groups is 1. The summed E-state index contributed by atoms with van der Waals surface area (Å²) in [5, 5.41) is 15.4. The number of nitrogens with two attached hydrogens (primary N) is 1. The first-order chi connectivity index (χ1) is 8.90. The van der Waals surface area contributed by atoms with E-state index in [1.54, 1.807) is 11.3 Å². The van der Waals surface area contributed by atoms with Crippen molar-refractivity contribution in [2.24, 2.45) is 16.8 Å². The Hall–Kier alpha value is -1.63. The van der Waals surface area contributed by atoms with Crippen LogP contribution in [0.3, 0.4) is 0 Å². The van der Waals surface area contributed by atoms with Gasteiger partial charge >= 0.3 is 0 Å². The first-order valence-electron chi connectivity index (χ1n) is 6.12. The third-order valence-electron chi connectivity index (χ3n) is 2.89. The van der Waals surface area contributed by atoms with Gasteiger partial charge in [-0.3, -0.25) is 4.79 Å². The summed E-state index contributed by atoms with van der Waals surface area (Å²) in [5.41, 5.74) is 6.43. The first-order valence-corrected chi connectivity index (χ1v) is 6.94. The first kappa shape index (κ1) is 15.4. The Kier molecular flexibility index (Phi) is 5.29. The second-order valence-electron chi connectivity index (χ2n) is 4.40. The molecule has 0 aromatic carbocycles. The zero-order chi connectivity index (χ0) is 14.6. The summed E-state index contributed by atoms with van der Waals surface area (Å²) < 4.78 is 0. The fourth-order valence-corrected chi connectivity index (χ4v) is 2.86. The number of thiazole rings is 1. The van der Waals surface area contributed by atoms with Gasteiger partial charge < -0.3 is 16.3 Å². The van der Waals surface area contributed by atoms with E-state index >= 15 is 0 Å². The molecule has 19 heavy (non-hydrogen) atoms. The molecule has 0 saturated heterocycles. The molecule has 106 valence electrons. The molecule has 1 aromatic heterocycles. The minimum absolute atomic E-state index is 0.0654. The highest BCUT2D eigenvalue weighted by Crippen LogP contribution is 2.24. The predicted octanol–water partition coefficient (Wildman–Crippen LogP) is 1.71. The third-order valence-corrected chi connectivity index (χ3v) is 4.14. The molecule has 1 amide bonds. The fraction of sp³-hybridized carbons (Fsp3) is 0.583. The molecule has 1 heterocycles. The lowest BCUT2D eigenvalue weighted by atomic mass is 10.0. The highest BCUT2D eigenvalue weighted by Gasteiger charge is 2.24. The quantitative estimate of drug-likeness (QED) is 0.331. The number of hydrogen-bond donors (Lipinski definition) is 3. The van der Waals surface area contributed by atoms with Crippen LogP contribution < -0.4 is 11.1 Å². The Balaban J connectivity index is 2.79. The van der Waals surface area contributed by atoms with Gasteiger partial charge in [0.1, 0.15) is 0 Å². The van der Waals surface area contributed by atoms with Gasteiger partial charge in [0, 0.05) is 4.88 Å². The Labute approximate surface area is 116 Å². The maximum absolute atomic E-state index is 12.1. The van der Waals surface area contributed by atoms with E-state index in [0.717, 1.165) is 15.6 Å². The van der Waals surface area contributed by atoms with Crippen molar-refractivity contribution in [2.75, 3.05) is 0 Å². The molecule has 0 radical (unpaired) electrons. The van der Waals surface area contributed by atoms with E-state index in [9.17, 15) is 4.79 Å². The Morgan fingerprint density at radius 2 is 2.21 bits per heavy atom. The van der Waals surface area contributed by atoms with Gasteiger partial charge in [-0.15, -0.1) is 11.3 Å². The summed E-state index contributed by atoms with van der Waals surface area (Å²) in [5.74, 6) is -0.915. The van der Waals surface area contributed by atoms with E-state index in [2.05, 4.69) is 15.5 Å². The monoisotopic (exact) mass is 284 g/mol. The summed E-state index contributed by atoms with van der Waals surface area (Å²) in [6.07, 6.45) is 0.481. The summed E-state index contributed by atoms with van der Waals surface area (Å²) in [4.78, 5) is 17.4. The number of rotatable bonds is 5. The van der Waals surface area contributed by atoms with Gasteiger partial charge in [0.25, 0.3) is 0 Å². The van der Waals surface area contributed by atoms with E-state index in [1.807, 2.05) is 27.7 Å². The smallest absolute Gasteiger partial charge is 0.231 e. The average Bonchev–Trinajstić information content (AvgIpc) is 2.69. The number of nitrogens with zero attached hydrogens (tertiary/aromatic N) is 2.